The van der Waals surface area contributed by atoms with Gasteiger partial charge in [-0.15, -0.1) is 28.3 Å². The van der Waals surface area contributed by atoms with Crippen molar-refractivity contribution in [1.29, 1.82) is 0 Å². The summed E-state index contributed by atoms with van der Waals surface area (Å²) in [5.41, 5.74) is 2.50. The van der Waals surface area contributed by atoms with Crippen molar-refractivity contribution in [3.05, 3.63) is 76.7 Å². The second-order valence-corrected chi connectivity index (χ2v) is 7.43. The van der Waals surface area contributed by atoms with Crippen LogP contribution < -0.4 is 9.54 Å². The van der Waals surface area contributed by atoms with Crippen molar-refractivity contribution in [2.75, 3.05) is 13.7 Å². The van der Waals surface area contributed by atoms with E-state index in [4.69, 9.17) is 9.73 Å². The minimum atomic E-state index is -0.405. The number of nitrogens with zero attached hydrogens (tertiary/aromatic N) is 2. The molecule has 0 amide bonds. The predicted octanol–water partition coefficient (Wildman–Crippen LogP) is 5.71. The number of aromatic nitrogens is 1. The number of thiazole rings is 1. The second-order valence-electron chi connectivity index (χ2n) is 6.59. The number of fused-ring (bicyclic) bond motifs is 1. The van der Waals surface area contributed by atoms with E-state index in [1.54, 1.807) is 6.07 Å². The number of ether oxygens (including phenoxy) is 1. The van der Waals surface area contributed by atoms with E-state index in [0.717, 1.165) is 32.5 Å². The average Bonchev–Trinajstić information content (AvgIpc) is 3.14. The van der Waals surface area contributed by atoms with Gasteiger partial charge in [0.1, 0.15) is 0 Å². The molecule has 1 heterocycles. The van der Waals surface area contributed by atoms with Crippen molar-refractivity contribution in [1.82, 2.24) is 4.57 Å². The molecular formula is C23H22BrFN2O2S. The van der Waals surface area contributed by atoms with Gasteiger partial charge in [-0.2, -0.15) is 0 Å². The van der Waals surface area contributed by atoms with Gasteiger partial charge in [0.2, 0.25) is 0 Å². The number of halogens is 2. The number of hydrogen-bond donors (Lipinski definition) is 1. The maximum Gasteiger partial charge on any atom is 0.190 e. The Labute approximate surface area is 188 Å². The summed E-state index contributed by atoms with van der Waals surface area (Å²) in [6.45, 7) is 0.666. The highest BCUT2D eigenvalue weighted by Gasteiger charge is 2.12. The van der Waals surface area contributed by atoms with Gasteiger partial charge in [0.05, 0.1) is 18.5 Å². The summed E-state index contributed by atoms with van der Waals surface area (Å²) in [5.74, 6) is -0.191. The molecule has 0 fully saturated rings. The molecule has 0 atom stereocenters. The van der Waals surface area contributed by atoms with Crippen molar-refractivity contribution in [3.63, 3.8) is 0 Å². The molecule has 1 aromatic heterocycles. The van der Waals surface area contributed by atoms with Gasteiger partial charge in [-0.25, -0.2) is 9.38 Å². The van der Waals surface area contributed by atoms with Crippen LogP contribution in [0.15, 0.2) is 71.0 Å². The SMILES string of the molecule is Br.COc1ccc(-c2csc(=Nc3cccc4ccccc34)n2CCCO)cc1F. The highest BCUT2D eigenvalue weighted by Crippen LogP contribution is 2.28. The van der Waals surface area contributed by atoms with Crippen LogP contribution in [0.3, 0.4) is 0 Å². The zero-order chi connectivity index (χ0) is 20.2. The third-order valence-electron chi connectivity index (χ3n) is 4.77. The molecule has 30 heavy (non-hydrogen) atoms. The molecule has 7 heteroatoms. The lowest BCUT2D eigenvalue weighted by molar-refractivity contribution is 0.279. The first kappa shape index (κ1) is 22.2. The normalized spacial score (nSPS) is 11.5. The Morgan fingerprint density at radius 2 is 1.90 bits per heavy atom. The Morgan fingerprint density at radius 1 is 1.10 bits per heavy atom. The fourth-order valence-corrected chi connectivity index (χ4v) is 4.28. The third kappa shape index (κ3) is 4.48. The first-order chi connectivity index (χ1) is 14.2. The van der Waals surface area contributed by atoms with Crippen LogP contribution in [0.1, 0.15) is 6.42 Å². The molecule has 0 aliphatic rings. The Hall–Kier alpha value is -2.48. The summed E-state index contributed by atoms with van der Waals surface area (Å²) in [5, 5.41) is 13.5. The quantitative estimate of drug-likeness (QED) is 0.377. The van der Waals surface area contributed by atoms with Gasteiger partial charge >= 0.3 is 0 Å². The highest BCUT2D eigenvalue weighted by molar-refractivity contribution is 8.93. The Morgan fingerprint density at radius 3 is 2.67 bits per heavy atom. The highest BCUT2D eigenvalue weighted by atomic mass is 79.9. The average molecular weight is 489 g/mol. The Bertz CT molecular complexity index is 1210. The van der Waals surface area contributed by atoms with Crippen LogP contribution in [0.2, 0.25) is 0 Å². The lowest BCUT2D eigenvalue weighted by atomic mass is 10.1. The number of benzene rings is 3. The molecule has 0 spiro atoms. The van der Waals surface area contributed by atoms with Crippen LogP contribution in [-0.4, -0.2) is 23.4 Å². The molecule has 4 aromatic rings. The summed E-state index contributed by atoms with van der Waals surface area (Å²) in [7, 11) is 1.45. The van der Waals surface area contributed by atoms with Crippen molar-refractivity contribution in [3.8, 4) is 17.0 Å². The number of aliphatic hydroxyl groups excluding tert-OH is 1. The van der Waals surface area contributed by atoms with Crippen molar-refractivity contribution < 1.29 is 14.2 Å². The molecule has 0 aliphatic carbocycles. The van der Waals surface area contributed by atoms with Gasteiger partial charge < -0.3 is 14.4 Å². The van der Waals surface area contributed by atoms with Crippen LogP contribution in [-0.2, 0) is 6.54 Å². The fraction of sp³-hybridized carbons (Fsp3) is 0.174. The standard InChI is InChI=1S/C23H21FN2O2S.BrH/c1-28-22-11-10-17(14-19(22)24)21-15-29-23(26(21)12-5-13-27)25-20-9-4-7-16-6-2-3-8-18(16)20;/h2-4,6-11,14-15,27H,5,12-13H2,1H3;1H. The molecule has 0 radical (unpaired) electrons. The number of aliphatic hydroxyl groups is 1. The number of hydrogen-bond acceptors (Lipinski definition) is 4. The monoisotopic (exact) mass is 488 g/mol. The van der Waals surface area contributed by atoms with Gasteiger partial charge in [-0.3, -0.25) is 0 Å². The first-order valence-electron chi connectivity index (χ1n) is 9.37. The molecule has 3 aromatic carbocycles. The summed E-state index contributed by atoms with van der Waals surface area (Å²) in [4.78, 5) is 5.71. The summed E-state index contributed by atoms with van der Waals surface area (Å²) in [6, 6.07) is 19.1. The molecule has 0 bridgehead atoms. The first-order valence-corrected chi connectivity index (χ1v) is 10.2. The van der Waals surface area contributed by atoms with Crippen molar-refractivity contribution in [2.45, 2.75) is 13.0 Å². The van der Waals surface area contributed by atoms with Gasteiger partial charge in [-0.05, 0) is 36.1 Å². The number of methoxy groups -OCH3 is 1. The predicted molar refractivity (Wildman–Crippen MR) is 125 cm³/mol. The zero-order valence-electron chi connectivity index (χ0n) is 16.4. The van der Waals surface area contributed by atoms with Crippen LogP contribution in [0.4, 0.5) is 10.1 Å². The lowest BCUT2D eigenvalue weighted by Crippen LogP contribution is -2.16. The molecule has 4 nitrogen and oxygen atoms in total. The topological polar surface area (TPSA) is 46.8 Å². The van der Waals surface area contributed by atoms with E-state index >= 15 is 0 Å². The van der Waals surface area contributed by atoms with E-state index in [1.165, 1.54) is 24.5 Å². The fourth-order valence-electron chi connectivity index (χ4n) is 3.33. The molecule has 0 saturated heterocycles. The van der Waals surface area contributed by atoms with Gasteiger partial charge in [0, 0.05) is 29.5 Å². The second kappa shape index (κ2) is 10.0. The third-order valence-corrected chi connectivity index (χ3v) is 5.63. The van der Waals surface area contributed by atoms with Crippen LogP contribution in [0.25, 0.3) is 22.0 Å². The van der Waals surface area contributed by atoms with Gasteiger partial charge in [0.15, 0.2) is 16.4 Å². The molecule has 156 valence electrons. The van der Waals surface area contributed by atoms with E-state index in [-0.39, 0.29) is 29.3 Å². The molecule has 0 unspecified atom stereocenters. The van der Waals surface area contributed by atoms with E-state index in [0.29, 0.717) is 13.0 Å². The van der Waals surface area contributed by atoms with Crippen LogP contribution >= 0.6 is 28.3 Å². The maximum absolute atomic E-state index is 14.3. The lowest BCUT2D eigenvalue weighted by Gasteiger charge is -2.10. The minimum absolute atomic E-state index is 0. The van der Waals surface area contributed by atoms with Crippen molar-refractivity contribution in [2.24, 2.45) is 4.99 Å². The zero-order valence-corrected chi connectivity index (χ0v) is 18.9. The molecular weight excluding hydrogens is 467 g/mol. The van der Waals surface area contributed by atoms with Crippen LogP contribution in [0, 0.1) is 5.82 Å². The minimum Gasteiger partial charge on any atom is -0.494 e. The maximum atomic E-state index is 14.3. The van der Waals surface area contributed by atoms with Crippen LogP contribution in [0.5, 0.6) is 5.75 Å². The molecule has 0 saturated carbocycles. The summed E-state index contributed by atoms with van der Waals surface area (Å²) in [6.07, 6.45) is 0.588. The number of rotatable bonds is 6. The van der Waals surface area contributed by atoms with Gasteiger partial charge in [0.25, 0.3) is 0 Å². The largest absolute Gasteiger partial charge is 0.494 e. The summed E-state index contributed by atoms with van der Waals surface area (Å²) >= 11 is 1.50. The molecule has 0 aliphatic heterocycles. The molecule has 4 rings (SSSR count). The van der Waals surface area contributed by atoms with E-state index in [1.807, 2.05) is 40.3 Å². The van der Waals surface area contributed by atoms with E-state index in [9.17, 15) is 9.50 Å². The van der Waals surface area contributed by atoms with E-state index < -0.39 is 5.82 Å². The van der Waals surface area contributed by atoms with E-state index in [2.05, 4.69) is 18.2 Å². The van der Waals surface area contributed by atoms with Gasteiger partial charge in [-0.1, -0.05) is 36.4 Å². The Balaban J connectivity index is 0.00000256. The summed E-state index contributed by atoms with van der Waals surface area (Å²) < 4.78 is 21.3. The smallest absolute Gasteiger partial charge is 0.190 e. The van der Waals surface area contributed by atoms with Crippen molar-refractivity contribution >= 4 is 44.8 Å². The Kier molecular flexibility index (Phi) is 7.42. The molecule has 1 N–H and O–H groups in total.